The van der Waals surface area contributed by atoms with Crippen molar-refractivity contribution in [3.63, 3.8) is 0 Å². The maximum Gasteiger partial charge on any atom is 0.276 e. The lowest BCUT2D eigenvalue weighted by molar-refractivity contribution is 0.0736. The zero-order chi connectivity index (χ0) is 21.2. The van der Waals surface area contributed by atoms with Crippen molar-refractivity contribution in [1.29, 1.82) is 0 Å². The van der Waals surface area contributed by atoms with Crippen molar-refractivity contribution in [1.82, 2.24) is 20.0 Å². The normalized spacial score (nSPS) is 17.3. The van der Waals surface area contributed by atoms with Gasteiger partial charge in [0.25, 0.3) is 5.91 Å². The second-order valence-electron chi connectivity index (χ2n) is 8.05. The van der Waals surface area contributed by atoms with Gasteiger partial charge in [-0.2, -0.15) is 4.98 Å². The SMILES string of the molecule is Cc1cc(N2CCN(C(=O)c3cc(-c4ccco4)on3)CC2)nc(N2CCCCC2)n1. The fourth-order valence-electron chi connectivity index (χ4n) is 4.15. The minimum Gasteiger partial charge on any atom is -0.461 e. The van der Waals surface area contributed by atoms with Crippen LogP contribution < -0.4 is 9.80 Å². The lowest BCUT2D eigenvalue weighted by Gasteiger charge is -2.35. The fraction of sp³-hybridized carbons (Fsp3) is 0.455. The van der Waals surface area contributed by atoms with E-state index in [1.807, 2.05) is 13.0 Å². The Bertz CT molecular complexity index is 1030. The summed E-state index contributed by atoms with van der Waals surface area (Å²) < 4.78 is 10.6. The molecule has 5 rings (SSSR count). The predicted octanol–water partition coefficient (Wildman–Crippen LogP) is 2.99. The average Bonchev–Trinajstić information content (AvgIpc) is 3.51. The number of aryl methyl sites for hydroxylation is 1. The molecule has 3 aromatic rings. The Labute approximate surface area is 180 Å². The van der Waals surface area contributed by atoms with Crippen molar-refractivity contribution in [2.75, 3.05) is 49.1 Å². The molecule has 1 amide bonds. The van der Waals surface area contributed by atoms with E-state index in [0.717, 1.165) is 30.5 Å². The topological polar surface area (TPSA) is 91.7 Å². The van der Waals surface area contributed by atoms with Crippen LogP contribution in [0.5, 0.6) is 0 Å². The predicted molar refractivity (Wildman–Crippen MR) is 115 cm³/mol. The first kappa shape index (κ1) is 19.6. The molecular weight excluding hydrogens is 396 g/mol. The van der Waals surface area contributed by atoms with Gasteiger partial charge >= 0.3 is 0 Å². The van der Waals surface area contributed by atoms with E-state index in [9.17, 15) is 4.79 Å². The molecule has 0 N–H and O–H groups in total. The Morgan fingerprint density at radius 1 is 0.935 bits per heavy atom. The van der Waals surface area contributed by atoms with E-state index in [2.05, 4.69) is 19.9 Å². The fourth-order valence-corrected chi connectivity index (χ4v) is 4.15. The van der Waals surface area contributed by atoms with E-state index in [-0.39, 0.29) is 5.91 Å². The maximum atomic E-state index is 12.9. The first-order chi connectivity index (χ1) is 15.2. The van der Waals surface area contributed by atoms with E-state index in [0.29, 0.717) is 43.4 Å². The third kappa shape index (κ3) is 4.12. The summed E-state index contributed by atoms with van der Waals surface area (Å²) >= 11 is 0. The van der Waals surface area contributed by atoms with E-state index in [4.69, 9.17) is 13.9 Å². The van der Waals surface area contributed by atoms with Gasteiger partial charge in [0, 0.05) is 57.1 Å². The number of hydrogen-bond acceptors (Lipinski definition) is 8. The number of piperazine rings is 1. The molecule has 0 radical (unpaired) electrons. The van der Waals surface area contributed by atoms with Crippen LogP contribution in [0.25, 0.3) is 11.5 Å². The zero-order valence-electron chi connectivity index (χ0n) is 17.7. The monoisotopic (exact) mass is 422 g/mol. The first-order valence-corrected chi connectivity index (χ1v) is 10.8. The summed E-state index contributed by atoms with van der Waals surface area (Å²) in [5, 5.41) is 3.93. The maximum absolute atomic E-state index is 12.9. The first-order valence-electron chi connectivity index (χ1n) is 10.8. The van der Waals surface area contributed by atoms with Crippen molar-refractivity contribution in [3.05, 3.63) is 41.9 Å². The number of amides is 1. The second kappa shape index (κ2) is 8.41. The summed E-state index contributed by atoms with van der Waals surface area (Å²) in [6, 6.07) is 7.20. The third-order valence-corrected chi connectivity index (χ3v) is 5.85. The van der Waals surface area contributed by atoms with Crippen molar-refractivity contribution in [2.45, 2.75) is 26.2 Å². The molecule has 3 aromatic heterocycles. The van der Waals surface area contributed by atoms with Crippen LogP contribution in [0, 0.1) is 6.92 Å². The van der Waals surface area contributed by atoms with Gasteiger partial charge in [-0.1, -0.05) is 5.16 Å². The minimum absolute atomic E-state index is 0.130. The van der Waals surface area contributed by atoms with Crippen LogP contribution in [0.2, 0.25) is 0 Å². The Morgan fingerprint density at radius 3 is 2.48 bits per heavy atom. The summed E-state index contributed by atoms with van der Waals surface area (Å²) in [4.78, 5) is 28.7. The Kier molecular flexibility index (Phi) is 5.31. The molecule has 0 spiro atoms. The van der Waals surface area contributed by atoms with Gasteiger partial charge in [-0.15, -0.1) is 0 Å². The number of carbonyl (C=O) groups is 1. The van der Waals surface area contributed by atoms with Crippen molar-refractivity contribution in [3.8, 4) is 11.5 Å². The molecule has 2 aliphatic rings. The van der Waals surface area contributed by atoms with Gasteiger partial charge in [0.15, 0.2) is 11.5 Å². The van der Waals surface area contributed by atoms with Crippen LogP contribution in [-0.2, 0) is 0 Å². The van der Waals surface area contributed by atoms with Crippen LogP contribution in [0.15, 0.2) is 39.5 Å². The second-order valence-corrected chi connectivity index (χ2v) is 8.05. The standard InChI is InChI=1S/C22H26N6O3/c1-16-14-20(24-22(23-16)28-7-3-2-4-8-28)26-9-11-27(12-10-26)21(29)17-15-19(31-25-17)18-6-5-13-30-18/h5-6,13-15H,2-4,7-12H2,1H3. The van der Waals surface area contributed by atoms with Crippen LogP contribution in [0.4, 0.5) is 11.8 Å². The van der Waals surface area contributed by atoms with Gasteiger partial charge in [0.05, 0.1) is 6.26 Å². The Morgan fingerprint density at radius 2 is 1.74 bits per heavy atom. The molecule has 0 aliphatic carbocycles. The summed E-state index contributed by atoms with van der Waals surface area (Å²) in [5.41, 5.74) is 1.27. The number of aromatic nitrogens is 3. The molecule has 5 heterocycles. The number of hydrogen-bond donors (Lipinski definition) is 0. The molecule has 2 aliphatic heterocycles. The highest BCUT2D eigenvalue weighted by molar-refractivity contribution is 5.93. The highest BCUT2D eigenvalue weighted by atomic mass is 16.5. The minimum atomic E-state index is -0.130. The largest absolute Gasteiger partial charge is 0.461 e. The smallest absolute Gasteiger partial charge is 0.276 e. The van der Waals surface area contributed by atoms with E-state index < -0.39 is 0 Å². The molecule has 0 unspecified atom stereocenters. The summed E-state index contributed by atoms with van der Waals surface area (Å²) in [6.45, 7) is 6.67. The van der Waals surface area contributed by atoms with E-state index in [1.165, 1.54) is 19.3 Å². The number of nitrogens with zero attached hydrogens (tertiary/aromatic N) is 6. The summed E-state index contributed by atoms with van der Waals surface area (Å²) in [6.07, 6.45) is 5.22. The van der Waals surface area contributed by atoms with E-state index >= 15 is 0 Å². The molecule has 9 nitrogen and oxygen atoms in total. The van der Waals surface area contributed by atoms with Crippen molar-refractivity contribution in [2.24, 2.45) is 0 Å². The number of carbonyl (C=O) groups excluding carboxylic acids is 1. The number of piperidine rings is 1. The van der Waals surface area contributed by atoms with Crippen LogP contribution in [0.3, 0.4) is 0 Å². The van der Waals surface area contributed by atoms with Crippen molar-refractivity contribution >= 4 is 17.7 Å². The van der Waals surface area contributed by atoms with Crippen molar-refractivity contribution < 1.29 is 13.7 Å². The number of rotatable bonds is 4. The van der Waals surface area contributed by atoms with Gasteiger partial charge in [-0.25, -0.2) is 4.98 Å². The van der Waals surface area contributed by atoms with Crippen LogP contribution in [0.1, 0.15) is 35.4 Å². The highest BCUT2D eigenvalue weighted by Crippen LogP contribution is 2.23. The number of anilines is 2. The van der Waals surface area contributed by atoms with Gasteiger partial charge in [-0.3, -0.25) is 4.79 Å². The molecule has 0 bridgehead atoms. The Balaban J connectivity index is 1.24. The average molecular weight is 422 g/mol. The van der Waals surface area contributed by atoms with Crippen LogP contribution >= 0.6 is 0 Å². The summed E-state index contributed by atoms with van der Waals surface area (Å²) in [5.74, 6) is 2.63. The van der Waals surface area contributed by atoms with Gasteiger partial charge in [0.1, 0.15) is 5.82 Å². The molecule has 0 atom stereocenters. The third-order valence-electron chi connectivity index (χ3n) is 5.85. The quantitative estimate of drug-likeness (QED) is 0.634. The molecule has 162 valence electrons. The summed E-state index contributed by atoms with van der Waals surface area (Å²) in [7, 11) is 0. The molecule has 31 heavy (non-hydrogen) atoms. The number of furan rings is 1. The van der Waals surface area contributed by atoms with Gasteiger partial charge in [-0.05, 0) is 38.3 Å². The van der Waals surface area contributed by atoms with Gasteiger partial charge < -0.3 is 23.6 Å². The lowest BCUT2D eigenvalue weighted by Crippen LogP contribution is -2.49. The molecule has 2 saturated heterocycles. The molecule has 9 heteroatoms. The lowest BCUT2D eigenvalue weighted by atomic mass is 10.1. The highest BCUT2D eigenvalue weighted by Gasteiger charge is 2.26. The van der Waals surface area contributed by atoms with Gasteiger partial charge in [0.2, 0.25) is 11.7 Å². The molecule has 0 saturated carbocycles. The van der Waals surface area contributed by atoms with E-state index in [1.54, 1.807) is 29.4 Å². The zero-order valence-corrected chi connectivity index (χ0v) is 17.7. The Hall–Kier alpha value is -3.36. The molecule has 0 aromatic carbocycles. The van der Waals surface area contributed by atoms with Crippen LogP contribution in [-0.4, -0.2) is 65.2 Å². The molecule has 2 fully saturated rings. The molecular formula is C22H26N6O3.